The number of aromatic hydroxyl groups is 1. The lowest BCUT2D eigenvalue weighted by Crippen LogP contribution is -2.45. The molecule has 4 heteroatoms. The molecule has 0 aliphatic rings. The number of benzene rings is 1. The molecule has 0 saturated carbocycles. The fraction of sp³-hybridized carbons (Fsp3) is 0.364. The Hall–Kier alpha value is -1.55. The molecule has 1 rings (SSSR count). The zero-order valence-corrected chi connectivity index (χ0v) is 9.06. The summed E-state index contributed by atoms with van der Waals surface area (Å²) in [6, 6.07) is 6.20. The van der Waals surface area contributed by atoms with Crippen LogP contribution in [-0.4, -0.2) is 35.2 Å². The number of hydrogen-bond donors (Lipinski definition) is 2. The average molecular weight is 209 g/mol. The maximum atomic E-state index is 11.2. The van der Waals surface area contributed by atoms with E-state index in [2.05, 4.69) is 0 Å². The quantitative estimate of drug-likeness (QED) is 0.786. The zero-order chi connectivity index (χ0) is 11.6. The number of phenols is 1. The molecule has 0 amide bonds. The van der Waals surface area contributed by atoms with E-state index in [9.17, 15) is 9.90 Å². The molecule has 1 aromatic rings. The Morgan fingerprint density at radius 3 is 2.07 bits per heavy atom. The molecule has 1 aromatic carbocycles. The van der Waals surface area contributed by atoms with Gasteiger partial charge in [0, 0.05) is 0 Å². The van der Waals surface area contributed by atoms with E-state index in [-0.39, 0.29) is 5.75 Å². The first-order valence-electron chi connectivity index (χ1n) is 4.59. The predicted molar refractivity (Wildman–Crippen MR) is 56.8 cm³/mol. The smallest absolute Gasteiger partial charge is 0.328 e. The van der Waals surface area contributed by atoms with Gasteiger partial charge in [0.05, 0.1) is 0 Å². The molecule has 15 heavy (non-hydrogen) atoms. The number of carbonyl (C=O) groups is 1. The van der Waals surface area contributed by atoms with Crippen molar-refractivity contribution in [3.05, 3.63) is 29.8 Å². The normalized spacial score (nSPS) is 14.9. The van der Waals surface area contributed by atoms with Gasteiger partial charge in [0.15, 0.2) is 0 Å². The summed E-state index contributed by atoms with van der Waals surface area (Å²) in [5, 5.41) is 18.4. The lowest BCUT2D eigenvalue weighted by molar-refractivity contribution is -0.149. The van der Waals surface area contributed by atoms with Gasteiger partial charge in [0.2, 0.25) is 0 Å². The van der Waals surface area contributed by atoms with Gasteiger partial charge in [0.1, 0.15) is 11.3 Å². The maximum absolute atomic E-state index is 11.2. The summed E-state index contributed by atoms with van der Waals surface area (Å²) in [4.78, 5) is 12.9. The molecule has 4 nitrogen and oxygen atoms in total. The summed E-state index contributed by atoms with van der Waals surface area (Å²) in [6.07, 6.45) is 0. The molecule has 1 unspecified atom stereocenters. The lowest BCUT2D eigenvalue weighted by Gasteiger charge is -2.32. The standard InChI is InChI=1S/C11H15NO3/c1-11(10(14)15,12(2)3)8-4-6-9(13)7-5-8/h4-7,13H,1-3H3,(H,14,15). The number of carboxylic acids is 1. The summed E-state index contributed by atoms with van der Waals surface area (Å²) in [5.41, 5.74) is -0.439. The topological polar surface area (TPSA) is 60.8 Å². The van der Waals surface area contributed by atoms with E-state index in [0.717, 1.165) is 0 Å². The van der Waals surface area contributed by atoms with Crippen molar-refractivity contribution >= 4 is 5.97 Å². The van der Waals surface area contributed by atoms with Crippen molar-refractivity contribution in [1.29, 1.82) is 0 Å². The van der Waals surface area contributed by atoms with Crippen LogP contribution in [0.2, 0.25) is 0 Å². The Labute approximate surface area is 88.8 Å². The number of carboxylic acid groups (broad SMARTS) is 1. The first kappa shape index (κ1) is 11.5. The molecule has 0 bridgehead atoms. The minimum Gasteiger partial charge on any atom is -0.508 e. The van der Waals surface area contributed by atoms with E-state index in [0.29, 0.717) is 5.56 Å². The highest BCUT2D eigenvalue weighted by Crippen LogP contribution is 2.27. The number of aliphatic carboxylic acids is 1. The second kappa shape index (κ2) is 3.90. The van der Waals surface area contributed by atoms with Gasteiger partial charge < -0.3 is 10.2 Å². The van der Waals surface area contributed by atoms with Gasteiger partial charge in [-0.25, -0.2) is 4.79 Å². The van der Waals surface area contributed by atoms with Gasteiger partial charge >= 0.3 is 5.97 Å². The molecule has 0 saturated heterocycles. The van der Waals surface area contributed by atoms with Crippen LogP contribution in [-0.2, 0) is 10.3 Å². The molecular formula is C11H15NO3. The highest BCUT2D eigenvalue weighted by Gasteiger charge is 2.37. The third-order valence-electron chi connectivity index (χ3n) is 2.74. The number of phenolic OH excluding ortho intramolecular Hbond substituents is 1. The van der Waals surface area contributed by atoms with Crippen LogP contribution >= 0.6 is 0 Å². The van der Waals surface area contributed by atoms with Crippen LogP contribution in [0.1, 0.15) is 12.5 Å². The predicted octanol–water partition coefficient (Wildman–Crippen LogP) is 1.25. The van der Waals surface area contributed by atoms with Crippen molar-refractivity contribution in [2.75, 3.05) is 14.1 Å². The van der Waals surface area contributed by atoms with E-state index in [1.165, 1.54) is 12.1 Å². The van der Waals surface area contributed by atoms with E-state index >= 15 is 0 Å². The molecule has 0 spiro atoms. The van der Waals surface area contributed by atoms with Crippen molar-refractivity contribution in [1.82, 2.24) is 4.90 Å². The molecule has 2 N–H and O–H groups in total. The average Bonchev–Trinajstić information content (AvgIpc) is 2.17. The summed E-state index contributed by atoms with van der Waals surface area (Å²) in [7, 11) is 3.42. The minimum atomic E-state index is -1.08. The fourth-order valence-electron chi connectivity index (χ4n) is 1.36. The van der Waals surface area contributed by atoms with E-state index in [1.54, 1.807) is 38.1 Å². The summed E-state index contributed by atoms with van der Waals surface area (Å²) < 4.78 is 0. The second-order valence-corrected chi connectivity index (χ2v) is 3.82. The Bertz CT molecular complexity index is 359. The number of likely N-dealkylation sites (N-methyl/N-ethyl adjacent to an activating group) is 1. The van der Waals surface area contributed by atoms with Crippen LogP contribution in [0.3, 0.4) is 0 Å². The number of hydrogen-bond acceptors (Lipinski definition) is 3. The van der Waals surface area contributed by atoms with Gasteiger partial charge in [-0.2, -0.15) is 0 Å². The van der Waals surface area contributed by atoms with Crippen molar-refractivity contribution in [2.24, 2.45) is 0 Å². The molecule has 0 heterocycles. The molecule has 0 aliphatic heterocycles. The molecule has 1 atom stereocenters. The van der Waals surface area contributed by atoms with Crippen molar-refractivity contribution < 1.29 is 15.0 Å². The van der Waals surface area contributed by atoms with Gasteiger partial charge in [-0.1, -0.05) is 12.1 Å². The molecule has 82 valence electrons. The third-order valence-corrected chi connectivity index (χ3v) is 2.74. The summed E-state index contributed by atoms with van der Waals surface area (Å²) >= 11 is 0. The Morgan fingerprint density at radius 2 is 1.73 bits per heavy atom. The second-order valence-electron chi connectivity index (χ2n) is 3.82. The highest BCUT2D eigenvalue weighted by molar-refractivity contribution is 5.80. The Kier molecular flexibility index (Phi) is 3.00. The largest absolute Gasteiger partial charge is 0.508 e. The van der Waals surface area contributed by atoms with Crippen LogP contribution in [0.5, 0.6) is 5.75 Å². The lowest BCUT2D eigenvalue weighted by atomic mass is 9.91. The van der Waals surface area contributed by atoms with E-state index < -0.39 is 11.5 Å². The molecular weight excluding hydrogens is 194 g/mol. The van der Waals surface area contributed by atoms with Gasteiger partial charge in [0.25, 0.3) is 0 Å². The van der Waals surface area contributed by atoms with Gasteiger partial charge in [-0.3, -0.25) is 4.90 Å². The molecule has 0 aliphatic carbocycles. The summed E-state index contributed by atoms with van der Waals surface area (Å²) in [6.45, 7) is 1.63. The maximum Gasteiger partial charge on any atom is 0.328 e. The fourth-order valence-corrected chi connectivity index (χ4v) is 1.36. The third kappa shape index (κ3) is 1.94. The van der Waals surface area contributed by atoms with Crippen LogP contribution in [0.15, 0.2) is 24.3 Å². The monoisotopic (exact) mass is 209 g/mol. The first-order valence-corrected chi connectivity index (χ1v) is 4.59. The van der Waals surface area contributed by atoms with Crippen LogP contribution in [0.4, 0.5) is 0 Å². The number of nitrogens with zero attached hydrogens (tertiary/aromatic N) is 1. The number of rotatable bonds is 3. The van der Waals surface area contributed by atoms with Crippen LogP contribution in [0.25, 0.3) is 0 Å². The Balaban J connectivity index is 3.22. The molecule has 0 fully saturated rings. The Morgan fingerprint density at radius 1 is 1.27 bits per heavy atom. The van der Waals surface area contributed by atoms with Crippen molar-refractivity contribution in [2.45, 2.75) is 12.5 Å². The molecule has 0 radical (unpaired) electrons. The van der Waals surface area contributed by atoms with Crippen molar-refractivity contribution in [3.63, 3.8) is 0 Å². The van der Waals surface area contributed by atoms with Gasteiger partial charge in [-0.15, -0.1) is 0 Å². The summed E-state index contributed by atoms with van der Waals surface area (Å²) in [5.74, 6) is -0.788. The van der Waals surface area contributed by atoms with Crippen LogP contribution in [0, 0.1) is 0 Å². The highest BCUT2D eigenvalue weighted by atomic mass is 16.4. The zero-order valence-electron chi connectivity index (χ0n) is 9.06. The van der Waals surface area contributed by atoms with E-state index in [4.69, 9.17) is 5.11 Å². The van der Waals surface area contributed by atoms with Gasteiger partial charge in [-0.05, 0) is 38.7 Å². The van der Waals surface area contributed by atoms with Crippen molar-refractivity contribution in [3.8, 4) is 5.75 Å². The molecule has 0 aromatic heterocycles. The SMILES string of the molecule is CN(C)C(C)(C(=O)O)c1ccc(O)cc1. The minimum absolute atomic E-state index is 0.130. The van der Waals surface area contributed by atoms with Crippen LogP contribution < -0.4 is 0 Å². The first-order chi connectivity index (χ1) is 6.89. The van der Waals surface area contributed by atoms with E-state index in [1.807, 2.05) is 0 Å².